The van der Waals surface area contributed by atoms with E-state index in [0.29, 0.717) is 5.95 Å². The second-order valence-electron chi connectivity index (χ2n) is 7.15. The summed E-state index contributed by atoms with van der Waals surface area (Å²) in [4.78, 5) is 21.1. The van der Waals surface area contributed by atoms with Crippen molar-refractivity contribution in [3.8, 4) is 11.1 Å². The van der Waals surface area contributed by atoms with Gasteiger partial charge in [-0.25, -0.2) is 15.0 Å². The number of hydrogen-bond acceptors (Lipinski definition) is 6. The van der Waals surface area contributed by atoms with Crippen LogP contribution in [-0.4, -0.2) is 37.0 Å². The lowest BCUT2D eigenvalue weighted by Gasteiger charge is -2.29. The van der Waals surface area contributed by atoms with Gasteiger partial charge in [0, 0.05) is 41.6 Å². The van der Waals surface area contributed by atoms with Gasteiger partial charge in [-0.05, 0) is 30.5 Å². The summed E-state index contributed by atoms with van der Waals surface area (Å²) in [6.45, 7) is 0. The molecule has 1 fully saturated rings. The Morgan fingerprint density at radius 1 is 1.07 bits per heavy atom. The molecule has 5 rings (SSSR count). The lowest BCUT2D eigenvalue weighted by atomic mass is 9.91. The van der Waals surface area contributed by atoms with E-state index in [9.17, 15) is 0 Å². The molecule has 27 heavy (non-hydrogen) atoms. The molecule has 0 saturated heterocycles. The average molecular weight is 359 g/mol. The minimum atomic E-state index is 0.151. The third-order valence-electron chi connectivity index (χ3n) is 5.35. The average Bonchev–Trinajstić information content (AvgIpc) is 3.17. The molecule has 2 atom stereocenters. The first-order valence-electron chi connectivity index (χ1n) is 9.34. The smallest absolute Gasteiger partial charge is 0.223 e. The highest BCUT2D eigenvalue weighted by atomic mass is 15.1. The van der Waals surface area contributed by atoms with Gasteiger partial charge in [0.25, 0.3) is 0 Å². The van der Waals surface area contributed by atoms with Crippen molar-refractivity contribution in [3.05, 3.63) is 43.1 Å². The van der Waals surface area contributed by atoms with E-state index in [0.717, 1.165) is 45.9 Å². The zero-order chi connectivity index (χ0) is 18.2. The molecule has 3 heterocycles. The van der Waals surface area contributed by atoms with Crippen LogP contribution in [0.3, 0.4) is 0 Å². The summed E-state index contributed by atoms with van der Waals surface area (Å²) in [6, 6.07) is 6.50. The fourth-order valence-electron chi connectivity index (χ4n) is 3.84. The topological polar surface area (TPSA) is 105 Å². The maximum absolute atomic E-state index is 6.27. The van der Waals surface area contributed by atoms with E-state index in [4.69, 9.17) is 10.7 Å². The Morgan fingerprint density at radius 3 is 2.93 bits per heavy atom. The summed E-state index contributed by atoms with van der Waals surface area (Å²) in [7, 11) is 0. The molecule has 1 aliphatic rings. The predicted octanol–water partition coefficient (Wildman–Crippen LogP) is 3.25. The minimum Gasteiger partial charge on any atom is -0.350 e. The highest BCUT2D eigenvalue weighted by molar-refractivity contribution is 5.94. The number of rotatable bonds is 3. The van der Waals surface area contributed by atoms with Gasteiger partial charge in [-0.1, -0.05) is 18.9 Å². The van der Waals surface area contributed by atoms with Crippen LogP contribution < -0.4 is 11.1 Å². The third-order valence-corrected chi connectivity index (χ3v) is 5.35. The van der Waals surface area contributed by atoms with Crippen LogP contribution in [0.5, 0.6) is 0 Å². The van der Waals surface area contributed by atoms with E-state index in [1.165, 1.54) is 12.8 Å². The molecule has 0 amide bonds. The van der Waals surface area contributed by atoms with Gasteiger partial charge < -0.3 is 16.0 Å². The number of anilines is 1. The van der Waals surface area contributed by atoms with Crippen molar-refractivity contribution in [1.29, 1.82) is 0 Å². The highest BCUT2D eigenvalue weighted by Gasteiger charge is 2.22. The lowest BCUT2D eigenvalue weighted by Crippen LogP contribution is -2.42. The molecule has 7 nitrogen and oxygen atoms in total. The molecule has 7 heteroatoms. The van der Waals surface area contributed by atoms with Gasteiger partial charge in [0.05, 0.1) is 22.9 Å². The molecule has 3 aromatic heterocycles. The summed E-state index contributed by atoms with van der Waals surface area (Å²) >= 11 is 0. The van der Waals surface area contributed by atoms with Gasteiger partial charge in [0.1, 0.15) is 0 Å². The summed E-state index contributed by atoms with van der Waals surface area (Å²) in [5, 5.41) is 4.36. The summed E-state index contributed by atoms with van der Waals surface area (Å²) in [5.74, 6) is 0.625. The molecule has 0 radical (unpaired) electrons. The number of nitrogens with one attached hydrogen (secondary N) is 2. The first-order chi connectivity index (χ1) is 13.3. The van der Waals surface area contributed by atoms with E-state index < -0.39 is 0 Å². The summed E-state index contributed by atoms with van der Waals surface area (Å²) < 4.78 is 0. The fraction of sp³-hybridized carbons (Fsp3) is 0.300. The van der Waals surface area contributed by atoms with Gasteiger partial charge in [-0.15, -0.1) is 0 Å². The largest absolute Gasteiger partial charge is 0.350 e. The molecular weight excluding hydrogens is 338 g/mol. The van der Waals surface area contributed by atoms with E-state index >= 15 is 0 Å². The maximum Gasteiger partial charge on any atom is 0.223 e. The van der Waals surface area contributed by atoms with E-state index in [1.807, 2.05) is 24.5 Å². The standard InChI is InChI=1S/C20H21N7/c21-15-3-1-2-4-16(15)26-20-23-9-13-8-22-10-14(19(13)27-20)12-5-6-17-18(7-12)25-11-24-17/h5-11,15-16H,1-4,21H2,(H,24,25)(H,23,26,27). The number of pyridine rings is 1. The fourth-order valence-corrected chi connectivity index (χ4v) is 3.84. The minimum absolute atomic E-state index is 0.151. The zero-order valence-corrected chi connectivity index (χ0v) is 14.9. The molecule has 0 bridgehead atoms. The van der Waals surface area contributed by atoms with Crippen LogP contribution >= 0.6 is 0 Å². The number of aromatic nitrogens is 5. The molecule has 4 aromatic rings. The Morgan fingerprint density at radius 2 is 2.00 bits per heavy atom. The second kappa shape index (κ2) is 6.59. The quantitative estimate of drug-likeness (QED) is 0.518. The van der Waals surface area contributed by atoms with Crippen LogP contribution in [0, 0.1) is 0 Å². The second-order valence-corrected chi connectivity index (χ2v) is 7.15. The van der Waals surface area contributed by atoms with Gasteiger partial charge in [0.15, 0.2) is 0 Å². The van der Waals surface area contributed by atoms with E-state index in [1.54, 1.807) is 12.5 Å². The number of benzene rings is 1. The van der Waals surface area contributed by atoms with Crippen LogP contribution in [0.1, 0.15) is 25.7 Å². The normalized spacial score (nSPS) is 20.2. The van der Waals surface area contributed by atoms with Crippen molar-refractivity contribution in [1.82, 2.24) is 24.9 Å². The van der Waals surface area contributed by atoms with Crippen molar-refractivity contribution in [2.75, 3.05) is 5.32 Å². The predicted molar refractivity (Wildman–Crippen MR) is 106 cm³/mol. The Hall–Kier alpha value is -3.06. The SMILES string of the molecule is NC1CCCCC1Nc1ncc2cncc(-c3ccc4nc[nH]c4c3)c2n1. The van der Waals surface area contributed by atoms with Crippen molar-refractivity contribution in [2.45, 2.75) is 37.8 Å². The maximum atomic E-state index is 6.27. The monoisotopic (exact) mass is 359 g/mol. The molecule has 1 aromatic carbocycles. The van der Waals surface area contributed by atoms with Gasteiger partial charge in [-0.3, -0.25) is 4.98 Å². The van der Waals surface area contributed by atoms with Crippen LogP contribution in [0.4, 0.5) is 5.95 Å². The molecule has 4 N–H and O–H groups in total. The zero-order valence-electron chi connectivity index (χ0n) is 14.9. The van der Waals surface area contributed by atoms with Crippen LogP contribution in [0.2, 0.25) is 0 Å². The Kier molecular flexibility index (Phi) is 3.94. The van der Waals surface area contributed by atoms with Gasteiger partial charge in [0.2, 0.25) is 5.95 Å². The molecule has 0 aliphatic heterocycles. The van der Waals surface area contributed by atoms with Crippen molar-refractivity contribution < 1.29 is 0 Å². The Bertz CT molecular complexity index is 1100. The van der Waals surface area contributed by atoms with Crippen LogP contribution in [0.15, 0.2) is 43.1 Å². The Labute approximate surface area is 156 Å². The first-order valence-corrected chi connectivity index (χ1v) is 9.34. The number of nitrogens with two attached hydrogens (primary N) is 1. The molecular formula is C20H21N7. The number of H-pyrrole nitrogens is 1. The molecule has 0 spiro atoms. The van der Waals surface area contributed by atoms with Crippen LogP contribution in [0.25, 0.3) is 33.1 Å². The lowest BCUT2D eigenvalue weighted by molar-refractivity contribution is 0.402. The van der Waals surface area contributed by atoms with Crippen molar-refractivity contribution in [2.24, 2.45) is 5.73 Å². The number of fused-ring (bicyclic) bond motifs is 2. The van der Waals surface area contributed by atoms with Gasteiger partial charge >= 0.3 is 0 Å². The molecule has 136 valence electrons. The number of nitrogens with zero attached hydrogens (tertiary/aromatic N) is 4. The summed E-state index contributed by atoms with van der Waals surface area (Å²) in [5.41, 5.74) is 11.1. The molecule has 2 unspecified atom stereocenters. The molecule has 1 aliphatic carbocycles. The number of imidazole rings is 1. The highest BCUT2D eigenvalue weighted by Crippen LogP contribution is 2.29. The van der Waals surface area contributed by atoms with Crippen LogP contribution in [-0.2, 0) is 0 Å². The Balaban J connectivity index is 1.56. The first kappa shape index (κ1) is 16.1. The summed E-state index contributed by atoms with van der Waals surface area (Å²) in [6.07, 6.45) is 11.7. The van der Waals surface area contributed by atoms with Crippen molar-refractivity contribution >= 4 is 27.9 Å². The van der Waals surface area contributed by atoms with E-state index in [-0.39, 0.29) is 12.1 Å². The third kappa shape index (κ3) is 3.00. The number of hydrogen-bond donors (Lipinski definition) is 3. The van der Waals surface area contributed by atoms with E-state index in [2.05, 4.69) is 31.3 Å². The van der Waals surface area contributed by atoms with Gasteiger partial charge in [-0.2, -0.15) is 0 Å². The number of aromatic amines is 1. The van der Waals surface area contributed by atoms with Crippen molar-refractivity contribution in [3.63, 3.8) is 0 Å². The molecule has 1 saturated carbocycles.